The fourth-order valence-corrected chi connectivity index (χ4v) is 3.36. The third kappa shape index (κ3) is 4.51. The molecule has 1 unspecified atom stereocenters. The second-order valence-corrected chi connectivity index (χ2v) is 6.74. The van der Waals surface area contributed by atoms with Gasteiger partial charge in [0.15, 0.2) is 11.5 Å². The molecule has 1 heterocycles. The molecular weight excluding hydrogens is 298 g/mol. The largest absolute Gasteiger partial charge is 0.493 e. The van der Waals surface area contributed by atoms with Crippen molar-refractivity contribution in [2.24, 2.45) is 5.92 Å². The van der Waals surface area contributed by atoms with Crippen LogP contribution in [0.25, 0.3) is 0 Å². The number of hydrogen-bond donors (Lipinski definition) is 0. The maximum atomic E-state index is 6.02. The van der Waals surface area contributed by atoms with Crippen molar-refractivity contribution in [2.75, 3.05) is 20.2 Å². The van der Waals surface area contributed by atoms with Gasteiger partial charge in [-0.25, -0.2) is 0 Å². The van der Waals surface area contributed by atoms with Crippen molar-refractivity contribution < 1.29 is 9.47 Å². The van der Waals surface area contributed by atoms with Gasteiger partial charge in [-0.15, -0.1) is 0 Å². The van der Waals surface area contributed by atoms with E-state index in [1.54, 1.807) is 7.11 Å². The quantitative estimate of drug-likeness (QED) is 0.780. The van der Waals surface area contributed by atoms with Gasteiger partial charge in [-0.1, -0.05) is 43.3 Å². The van der Waals surface area contributed by atoms with E-state index >= 15 is 0 Å². The molecule has 0 aliphatic carbocycles. The van der Waals surface area contributed by atoms with Gasteiger partial charge in [0.1, 0.15) is 6.61 Å². The van der Waals surface area contributed by atoms with Crippen LogP contribution in [0.5, 0.6) is 11.5 Å². The molecule has 0 amide bonds. The van der Waals surface area contributed by atoms with Crippen LogP contribution in [0.1, 0.15) is 30.9 Å². The predicted octanol–water partition coefficient (Wildman–Crippen LogP) is 4.51. The molecule has 3 rings (SSSR count). The second-order valence-electron chi connectivity index (χ2n) is 6.74. The monoisotopic (exact) mass is 325 g/mol. The Hall–Kier alpha value is -2.00. The van der Waals surface area contributed by atoms with Crippen LogP contribution in [0.15, 0.2) is 48.5 Å². The Morgan fingerprint density at radius 2 is 1.88 bits per heavy atom. The number of hydrogen-bond acceptors (Lipinski definition) is 3. The highest BCUT2D eigenvalue weighted by molar-refractivity contribution is 5.43. The zero-order valence-electron chi connectivity index (χ0n) is 14.7. The SMILES string of the molecule is COc1ccc(CN2CCCC(C)C2)cc1OCc1ccccc1. The van der Waals surface area contributed by atoms with Crippen LogP contribution in [0, 0.1) is 5.92 Å². The van der Waals surface area contributed by atoms with Crippen LogP contribution in [0.4, 0.5) is 0 Å². The third-order valence-electron chi connectivity index (χ3n) is 4.61. The fourth-order valence-electron chi connectivity index (χ4n) is 3.36. The first-order valence-corrected chi connectivity index (χ1v) is 8.80. The lowest BCUT2D eigenvalue weighted by molar-refractivity contribution is 0.176. The van der Waals surface area contributed by atoms with Gasteiger partial charge in [-0.2, -0.15) is 0 Å². The molecule has 0 bridgehead atoms. The van der Waals surface area contributed by atoms with Crippen LogP contribution >= 0.6 is 0 Å². The van der Waals surface area contributed by atoms with Gasteiger partial charge in [-0.3, -0.25) is 4.90 Å². The van der Waals surface area contributed by atoms with Crippen LogP contribution in [-0.2, 0) is 13.2 Å². The van der Waals surface area contributed by atoms with Gasteiger partial charge < -0.3 is 9.47 Å². The minimum Gasteiger partial charge on any atom is -0.493 e. The summed E-state index contributed by atoms with van der Waals surface area (Å²) < 4.78 is 11.5. The van der Waals surface area contributed by atoms with Gasteiger partial charge in [0.05, 0.1) is 7.11 Å². The average Bonchev–Trinajstić information content (AvgIpc) is 2.61. The molecule has 0 spiro atoms. The van der Waals surface area contributed by atoms with E-state index in [0.717, 1.165) is 29.5 Å². The third-order valence-corrected chi connectivity index (χ3v) is 4.61. The minimum absolute atomic E-state index is 0.557. The molecule has 0 radical (unpaired) electrons. The maximum absolute atomic E-state index is 6.02. The first-order valence-electron chi connectivity index (χ1n) is 8.80. The number of piperidine rings is 1. The summed E-state index contributed by atoms with van der Waals surface area (Å²) in [5.74, 6) is 2.41. The summed E-state index contributed by atoms with van der Waals surface area (Å²) in [5.41, 5.74) is 2.45. The van der Waals surface area contributed by atoms with Gasteiger partial charge >= 0.3 is 0 Å². The summed E-state index contributed by atoms with van der Waals surface area (Å²) in [4.78, 5) is 2.54. The summed E-state index contributed by atoms with van der Waals surface area (Å²) in [6, 6.07) is 16.5. The standard InChI is InChI=1S/C21H27NO2/c1-17-7-6-12-22(14-17)15-19-10-11-20(23-2)21(13-19)24-16-18-8-4-3-5-9-18/h3-5,8-11,13,17H,6-7,12,14-16H2,1-2H3. The van der Waals surface area contributed by atoms with E-state index in [2.05, 4.69) is 36.1 Å². The predicted molar refractivity (Wildman–Crippen MR) is 97.4 cm³/mol. The average molecular weight is 325 g/mol. The Balaban J connectivity index is 1.68. The molecule has 2 aromatic carbocycles. The number of methoxy groups -OCH3 is 1. The Kier molecular flexibility index (Phi) is 5.76. The molecule has 1 aliphatic heterocycles. The number of nitrogens with zero attached hydrogens (tertiary/aromatic N) is 1. The van der Waals surface area contributed by atoms with Crippen LogP contribution in [0.2, 0.25) is 0 Å². The Morgan fingerprint density at radius 1 is 1.04 bits per heavy atom. The number of rotatable bonds is 6. The van der Waals surface area contributed by atoms with Crippen molar-refractivity contribution in [1.29, 1.82) is 0 Å². The highest BCUT2D eigenvalue weighted by atomic mass is 16.5. The van der Waals surface area contributed by atoms with E-state index in [4.69, 9.17) is 9.47 Å². The van der Waals surface area contributed by atoms with Gasteiger partial charge in [0, 0.05) is 13.1 Å². The van der Waals surface area contributed by atoms with Crippen molar-refractivity contribution in [3.05, 3.63) is 59.7 Å². The van der Waals surface area contributed by atoms with Crippen molar-refractivity contribution in [2.45, 2.75) is 32.9 Å². The lowest BCUT2D eigenvalue weighted by Gasteiger charge is -2.31. The van der Waals surface area contributed by atoms with E-state index in [1.807, 2.05) is 24.3 Å². The van der Waals surface area contributed by atoms with Gasteiger partial charge in [0.25, 0.3) is 0 Å². The minimum atomic E-state index is 0.557. The zero-order valence-corrected chi connectivity index (χ0v) is 14.7. The van der Waals surface area contributed by atoms with Crippen molar-refractivity contribution in [3.63, 3.8) is 0 Å². The lowest BCUT2D eigenvalue weighted by Crippen LogP contribution is -2.33. The summed E-state index contributed by atoms with van der Waals surface area (Å²) in [5, 5.41) is 0. The Morgan fingerprint density at radius 3 is 2.62 bits per heavy atom. The second kappa shape index (κ2) is 8.20. The van der Waals surface area contributed by atoms with Crippen LogP contribution < -0.4 is 9.47 Å². The molecule has 128 valence electrons. The topological polar surface area (TPSA) is 21.7 Å². The molecule has 3 heteroatoms. The molecule has 24 heavy (non-hydrogen) atoms. The van der Waals surface area contributed by atoms with Crippen LogP contribution in [-0.4, -0.2) is 25.1 Å². The number of likely N-dealkylation sites (tertiary alicyclic amines) is 1. The molecule has 1 aliphatic rings. The molecular formula is C21H27NO2. The summed E-state index contributed by atoms with van der Waals surface area (Å²) in [7, 11) is 1.69. The molecule has 3 nitrogen and oxygen atoms in total. The van der Waals surface area contributed by atoms with E-state index in [1.165, 1.54) is 31.5 Å². The van der Waals surface area contributed by atoms with E-state index in [9.17, 15) is 0 Å². The van der Waals surface area contributed by atoms with E-state index < -0.39 is 0 Å². The van der Waals surface area contributed by atoms with Crippen molar-refractivity contribution >= 4 is 0 Å². The summed E-state index contributed by atoms with van der Waals surface area (Å²) in [6.45, 7) is 6.26. The summed E-state index contributed by atoms with van der Waals surface area (Å²) in [6.07, 6.45) is 2.65. The molecule has 2 aromatic rings. The smallest absolute Gasteiger partial charge is 0.161 e. The summed E-state index contributed by atoms with van der Waals surface area (Å²) >= 11 is 0. The fraction of sp³-hybridized carbons (Fsp3) is 0.429. The molecule has 0 N–H and O–H groups in total. The van der Waals surface area contributed by atoms with Gasteiger partial charge in [0.2, 0.25) is 0 Å². The molecule has 0 saturated carbocycles. The molecule has 0 aromatic heterocycles. The lowest BCUT2D eigenvalue weighted by atomic mass is 10.00. The van der Waals surface area contributed by atoms with E-state index in [0.29, 0.717) is 6.61 Å². The van der Waals surface area contributed by atoms with Crippen molar-refractivity contribution in [1.82, 2.24) is 4.90 Å². The number of ether oxygens (including phenoxy) is 2. The maximum Gasteiger partial charge on any atom is 0.161 e. The molecule has 1 saturated heterocycles. The highest BCUT2D eigenvalue weighted by Gasteiger charge is 2.17. The first kappa shape index (κ1) is 16.8. The molecule has 1 atom stereocenters. The van der Waals surface area contributed by atoms with E-state index in [-0.39, 0.29) is 0 Å². The highest BCUT2D eigenvalue weighted by Crippen LogP contribution is 2.30. The molecule has 1 fully saturated rings. The van der Waals surface area contributed by atoms with Gasteiger partial charge in [-0.05, 0) is 48.6 Å². The Labute approximate surface area is 145 Å². The van der Waals surface area contributed by atoms with Crippen LogP contribution in [0.3, 0.4) is 0 Å². The Bertz CT molecular complexity index is 642. The van der Waals surface area contributed by atoms with Crippen molar-refractivity contribution in [3.8, 4) is 11.5 Å². The normalized spacial score (nSPS) is 18.3. The first-order chi connectivity index (χ1) is 11.7. The number of benzene rings is 2. The zero-order chi connectivity index (χ0) is 16.8.